The molecule has 1 fully saturated rings. The Hall–Kier alpha value is -2.78. The summed E-state index contributed by atoms with van der Waals surface area (Å²) >= 11 is 12.3. The van der Waals surface area contributed by atoms with Crippen molar-refractivity contribution in [1.29, 1.82) is 0 Å². The number of halogens is 2. The largest absolute Gasteiger partial charge is 0.345 e. The van der Waals surface area contributed by atoms with Crippen molar-refractivity contribution in [3.63, 3.8) is 0 Å². The second-order valence-corrected chi connectivity index (χ2v) is 8.23. The summed E-state index contributed by atoms with van der Waals surface area (Å²) in [4.78, 5) is 7.75. The van der Waals surface area contributed by atoms with Crippen LogP contribution in [0.1, 0.15) is 30.0 Å². The van der Waals surface area contributed by atoms with E-state index in [9.17, 15) is 0 Å². The van der Waals surface area contributed by atoms with Crippen LogP contribution in [0.3, 0.4) is 0 Å². The molecule has 0 unspecified atom stereocenters. The van der Waals surface area contributed by atoms with Crippen molar-refractivity contribution >= 4 is 34.2 Å². The molecule has 1 aliphatic rings. The lowest BCUT2D eigenvalue weighted by Gasteiger charge is -2.22. The van der Waals surface area contributed by atoms with Gasteiger partial charge in [-0.25, -0.2) is 4.98 Å². The van der Waals surface area contributed by atoms with Gasteiger partial charge in [0.1, 0.15) is 5.65 Å². The number of benzene rings is 1. The smallest absolute Gasteiger partial charge is 0.138 e. The molecular formula is C23H19Cl2N5. The highest BCUT2D eigenvalue weighted by Crippen LogP contribution is 2.27. The van der Waals surface area contributed by atoms with Gasteiger partial charge < -0.3 is 10.3 Å². The maximum atomic E-state index is 6.23. The monoisotopic (exact) mass is 435 g/mol. The van der Waals surface area contributed by atoms with Crippen LogP contribution in [0.2, 0.25) is 10.0 Å². The Morgan fingerprint density at radius 3 is 2.70 bits per heavy atom. The Kier molecular flexibility index (Phi) is 5.22. The molecule has 5 rings (SSSR count). The van der Waals surface area contributed by atoms with E-state index in [2.05, 4.69) is 49.2 Å². The lowest BCUT2D eigenvalue weighted by atomic mass is 10.1. The summed E-state index contributed by atoms with van der Waals surface area (Å²) in [5.74, 6) is 6.31. The molecule has 0 atom stereocenters. The standard InChI is InChI=1S/C23H19Cl2N5/c24-19-3-4-22(25)15(9-19)1-2-16-11-27-23-21(16)10-17(12-28-23)18-13-29-30(14-18)20-5-7-26-8-6-20/h3-4,9-14,20,26H,5-8H2,(H,27,28). The topological polar surface area (TPSA) is 58.5 Å². The molecule has 30 heavy (non-hydrogen) atoms. The van der Waals surface area contributed by atoms with Crippen LogP contribution in [0.25, 0.3) is 22.2 Å². The summed E-state index contributed by atoms with van der Waals surface area (Å²) in [7, 11) is 0. The summed E-state index contributed by atoms with van der Waals surface area (Å²) in [6.07, 6.45) is 9.96. The van der Waals surface area contributed by atoms with Crippen LogP contribution in [0, 0.1) is 11.8 Å². The molecule has 0 bridgehead atoms. The number of aromatic nitrogens is 4. The van der Waals surface area contributed by atoms with Crippen LogP contribution in [-0.4, -0.2) is 32.8 Å². The number of piperidine rings is 1. The van der Waals surface area contributed by atoms with Crippen LogP contribution in [-0.2, 0) is 0 Å². The van der Waals surface area contributed by atoms with E-state index in [4.69, 9.17) is 23.2 Å². The predicted octanol–water partition coefficient (Wildman–Crippen LogP) is 5.06. The second-order valence-electron chi connectivity index (χ2n) is 7.39. The van der Waals surface area contributed by atoms with Gasteiger partial charge in [0, 0.05) is 45.7 Å². The SMILES string of the molecule is Clc1ccc(Cl)c(C#Cc2c[nH]c3ncc(-c4cnn(C5CCNCC5)c4)cc23)c1. The first-order valence-corrected chi connectivity index (χ1v) is 10.6. The number of rotatable bonds is 2. The number of nitrogens with one attached hydrogen (secondary N) is 2. The van der Waals surface area contributed by atoms with Crippen molar-refractivity contribution in [2.75, 3.05) is 13.1 Å². The molecule has 1 saturated heterocycles. The summed E-state index contributed by atoms with van der Waals surface area (Å²) in [6, 6.07) is 7.83. The molecule has 4 heterocycles. The fourth-order valence-electron chi connectivity index (χ4n) is 3.75. The minimum absolute atomic E-state index is 0.452. The van der Waals surface area contributed by atoms with Gasteiger partial charge >= 0.3 is 0 Å². The van der Waals surface area contributed by atoms with Gasteiger partial charge in [-0.2, -0.15) is 5.10 Å². The van der Waals surface area contributed by atoms with E-state index >= 15 is 0 Å². The van der Waals surface area contributed by atoms with E-state index in [-0.39, 0.29) is 0 Å². The van der Waals surface area contributed by atoms with Crippen molar-refractivity contribution in [2.24, 2.45) is 0 Å². The first kappa shape index (κ1) is 19.2. The Morgan fingerprint density at radius 1 is 1.00 bits per heavy atom. The number of aromatic amines is 1. The average Bonchev–Trinajstić information content (AvgIpc) is 3.42. The molecule has 3 aromatic heterocycles. The maximum Gasteiger partial charge on any atom is 0.138 e. The number of H-pyrrole nitrogens is 1. The third kappa shape index (κ3) is 3.82. The fraction of sp³-hybridized carbons (Fsp3) is 0.217. The highest BCUT2D eigenvalue weighted by atomic mass is 35.5. The number of hydrogen-bond acceptors (Lipinski definition) is 3. The Balaban J connectivity index is 1.47. The van der Waals surface area contributed by atoms with E-state index < -0.39 is 0 Å². The molecule has 150 valence electrons. The second kappa shape index (κ2) is 8.16. The van der Waals surface area contributed by atoms with Crippen LogP contribution >= 0.6 is 23.2 Å². The third-order valence-corrected chi connectivity index (χ3v) is 5.97. The van der Waals surface area contributed by atoms with E-state index in [1.807, 2.05) is 18.6 Å². The average molecular weight is 436 g/mol. The highest BCUT2D eigenvalue weighted by Gasteiger charge is 2.16. The predicted molar refractivity (Wildman–Crippen MR) is 121 cm³/mol. The van der Waals surface area contributed by atoms with Crippen molar-refractivity contribution in [3.05, 3.63) is 70.2 Å². The first-order chi connectivity index (χ1) is 14.7. The highest BCUT2D eigenvalue weighted by molar-refractivity contribution is 6.33. The van der Waals surface area contributed by atoms with Crippen molar-refractivity contribution < 1.29 is 0 Å². The zero-order valence-electron chi connectivity index (χ0n) is 16.1. The zero-order chi connectivity index (χ0) is 20.5. The molecule has 2 N–H and O–H groups in total. The van der Waals surface area contributed by atoms with Gasteiger partial charge in [-0.15, -0.1) is 0 Å². The van der Waals surface area contributed by atoms with Gasteiger partial charge in [-0.3, -0.25) is 4.68 Å². The maximum absolute atomic E-state index is 6.23. The molecule has 0 aliphatic carbocycles. The normalized spacial score (nSPS) is 14.6. The molecule has 0 saturated carbocycles. The van der Waals surface area contributed by atoms with Gasteiger partial charge in [-0.05, 0) is 50.2 Å². The van der Waals surface area contributed by atoms with Gasteiger partial charge in [0.2, 0.25) is 0 Å². The van der Waals surface area contributed by atoms with E-state index in [0.717, 1.165) is 53.7 Å². The van der Waals surface area contributed by atoms with Crippen LogP contribution < -0.4 is 5.32 Å². The molecule has 1 aromatic carbocycles. The molecule has 0 spiro atoms. The molecule has 0 radical (unpaired) electrons. The molecule has 5 nitrogen and oxygen atoms in total. The Morgan fingerprint density at radius 2 is 1.83 bits per heavy atom. The van der Waals surface area contributed by atoms with Crippen molar-refractivity contribution in [3.8, 4) is 23.0 Å². The van der Waals surface area contributed by atoms with Gasteiger partial charge in [0.15, 0.2) is 0 Å². The summed E-state index contributed by atoms with van der Waals surface area (Å²) in [6.45, 7) is 2.07. The zero-order valence-corrected chi connectivity index (χ0v) is 17.6. The van der Waals surface area contributed by atoms with E-state index in [0.29, 0.717) is 21.7 Å². The summed E-state index contributed by atoms with van der Waals surface area (Å²) in [5.41, 5.74) is 4.44. The number of hydrogen-bond donors (Lipinski definition) is 2. The number of nitrogens with zero attached hydrogens (tertiary/aromatic N) is 3. The number of fused-ring (bicyclic) bond motifs is 1. The van der Waals surface area contributed by atoms with Crippen LogP contribution in [0.15, 0.2) is 49.1 Å². The van der Waals surface area contributed by atoms with Gasteiger partial charge in [0.25, 0.3) is 0 Å². The van der Waals surface area contributed by atoms with Crippen LogP contribution in [0.4, 0.5) is 0 Å². The molecule has 4 aromatic rings. The Labute approximate surface area is 184 Å². The van der Waals surface area contributed by atoms with E-state index in [1.165, 1.54) is 0 Å². The van der Waals surface area contributed by atoms with Crippen molar-refractivity contribution in [2.45, 2.75) is 18.9 Å². The lowest BCUT2D eigenvalue weighted by Crippen LogP contribution is -2.29. The van der Waals surface area contributed by atoms with Gasteiger partial charge in [0.05, 0.1) is 22.8 Å². The summed E-state index contributed by atoms with van der Waals surface area (Å²) < 4.78 is 2.08. The minimum Gasteiger partial charge on any atom is -0.345 e. The quantitative estimate of drug-likeness (QED) is 0.432. The molecule has 1 aliphatic heterocycles. The molecule has 7 heteroatoms. The third-order valence-electron chi connectivity index (χ3n) is 5.41. The summed E-state index contributed by atoms with van der Waals surface area (Å²) in [5, 5.41) is 10.1. The van der Waals surface area contributed by atoms with Crippen molar-refractivity contribution in [1.82, 2.24) is 25.1 Å². The van der Waals surface area contributed by atoms with E-state index in [1.54, 1.807) is 18.2 Å². The van der Waals surface area contributed by atoms with Gasteiger partial charge in [-0.1, -0.05) is 35.0 Å². The molecule has 0 amide bonds. The van der Waals surface area contributed by atoms with Crippen LogP contribution in [0.5, 0.6) is 0 Å². The molecular weight excluding hydrogens is 417 g/mol. The first-order valence-electron chi connectivity index (χ1n) is 9.87. The Bertz CT molecular complexity index is 1270. The lowest BCUT2D eigenvalue weighted by molar-refractivity contribution is 0.343. The number of pyridine rings is 1. The minimum atomic E-state index is 0.452. The fourth-order valence-corrected chi connectivity index (χ4v) is 4.09.